The third-order valence-corrected chi connectivity index (χ3v) is 14.1. The van der Waals surface area contributed by atoms with Gasteiger partial charge in [0.15, 0.2) is 0 Å². The van der Waals surface area contributed by atoms with Crippen molar-refractivity contribution in [3.63, 3.8) is 0 Å². The maximum absolute atomic E-state index is 2.45. The molecule has 1 heterocycles. The molecule has 0 radical (unpaired) electrons. The molecule has 0 bridgehead atoms. The van der Waals surface area contributed by atoms with Crippen molar-refractivity contribution >= 4 is 38.9 Å². The Hall–Kier alpha value is -8.20. The van der Waals surface area contributed by atoms with E-state index in [0.717, 1.165) is 33.9 Å². The highest BCUT2D eigenvalue weighted by atomic mass is 15.1. The average molecular weight is 845 g/mol. The molecule has 0 spiro atoms. The minimum absolute atomic E-state index is 0.0873. The van der Waals surface area contributed by atoms with Gasteiger partial charge in [0.2, 0.25) is 0 Å². The van der Waals surface area contributed by atoms with Crippen molar-refractivity contribution in [2.45, 2.75) is 24.7 Å². The Kier molecular flexibility index (Phi) is 9.43. The summed E-state index contributed by atoms with van der Waals surface area (Å²) >= 11 is 0. The van der Waals surface area contributed by atoms with Crippen molar-refractivity contribution in [3.05, 3.63) is 288 Å². The van der Waals surface area contributed by atoms with Crippen molar-refractivity contribution in [2.75, 3.05) is 4.90 Å². The second-order valence-electron chi connectivity index (χ2n) is 18.1. The molecule has 2 nitrogen and oxygen atoms in total. The van der Waals surface area contributed by atoms with Gasteiger partial charge in [-0.05, 0) is 110 Å². The molecule has 1 aliphatic carbocycles. The van der Waals surface area contributed by atoms with Crippen LogP contribution in [0.15, 0.2) is 255 Å². The van der Waals surface area contributed by atoms with Crippen LogP contribution in [0, 0.1) is 0 Å². The molecule has 0 saturated carbocycles. The summed E-state index contributed by atoms with van der Waals surface area (Å²) in [5.74, 6) is 0. The maximum Gasteiger partial charge on any atom is 0.0701 e. The molecule has 314 valence electrons. The average Bonchev–Trinajstić information content (AvgIpc) is 3.83. The van der Waals surface area contributed by atoms with Gasteiger partial charge in [-0.1, -0.05) is 214 Å². The molecule has 0 saturated heterocycles. The largest absolute Gasteiger partial charge is 0.310 e. The highest BCUT2D eigenvalue weighted by molar-refractivity contribution is 6.10. The van der Waals surface area contributed by atoms with Crippen molar-refractivity contribution < 1.29 is 0 Å². The Morgan fingerprint density at radius 1 is 0.348 bits per heavy atom. The first kappa shape index (κ1) is 39.4. The summed E-state index contributed by atoms with van der Waals surface area (Å²) < 4.78 is 2.41. The number of hydrogen-bond donors (Lipinski definition) is 0. The number of hydrogen-bond acceptors (Lipinski definition) is 1. The maximum atomic E-state index is 2.45. The van der Waals surface area contributed by atoms with Crippen LogP contribution in [0.25, 0.3) is 49.7 Å². The van der Waals surface area contributed by atoms with Crippen LogP contribution in [-0.2, 0) is 10.8 Å². The van der Waals surface area contributed by atoms with Crippen molar-refractivity contribution in [1.29, 1.82) is 0 Å². The van der Waals surface area contributed by atoms with E-state index in [1.165, 1.54) is 66.3 Å². The molecular weight excluding hydrogens is 797 g/mol. The fraction of sp³-hybridized carbons (Fsp3) is 0.0625. The number of nitrogens with zero attached hydrogens (tertiary/aromatic N) is 2. The molecule has 0 N–H and O–H groups in total. The predicted molar refractivity (Wildman–Crippen MR) is 277 cm³/mol. The Morgan fingerprint density at radius 3 is 1.55 bits per heavy atom. The lowest BCUT2D eigenvalue weighted by atomic mass is 9.65. The summed E-state index contributed by atoms with van der Waals surface area (Å²) in [6.45, 7) is 4.70. The summed E-state index contributed by atoms with van der Waals surface area (Å²) in [6, 6.07) is 93.7. The number of para-hydroxylation sites is 2. The second-order valence-corrected chi connectivity index (χ2v) is 18.1. The molecule has 0 amide bonds. The van der Waals surface area contributed by atoms with Crippen LogP contribution in [0.1, 0.15) is 47.2 Å². The standard InChI is InChI=1S/C64H48N2/c1-63(2)59-32-17-15-30-55(59)58-43-53(39-41-60(58)63)65(54-38-40-57-56-31-16-18-33-61(56)66(62(57)44-54)51-27-13-6-14-28-51)52-29-19-20-46(42-52)45-34-36-50(37-35-45)64(47-21-7-3-8-22-47,48-23-9-4-10-24-48)49-25-11-5-12-26-49/h3-44H,1-2H3. The lowest BCUT2D eigenvalue weighted by Crippen LogP contribution is -2.30. The number of anilines is 3. The molecule has 0 fully saturated rings. The van der Waals surface area contributed by atoms with E-state index in [-0.39, 0.29) is 5.41 Å². The molecule has 0 unspecified atom stereocenters. The van der Waals surface area contributed by atoms with E-state index in [9.17, 15) is 0 Å². The SMILES string of the molecule is CC1(C)c2ccccc2-c2cc(N(c3cccc(-c4ccc(C(c5ccccc5)(c5ccccc5)c5ccccc5)cc4)c3)c3ccc4c5ccccc5n(-c5ccccc5)c4c3)ccc21. The number of rotatable bonds is 9. The van der Waals surface area contributed by atoms with Crippen LogP contribution >= 0.6 is 0 Å². The van der Waals surface area contributed by atoms with Crippen molar-refractivity contribution in [3.8, 4) is 27.9 Å². The van der Waals surface area contributed by atoms with Gasteiger partial charge in [0.05, 0.1) is 16.4 Å². The topological polar surface area (TPSA) is 8.17 Å². The van der Waals surface area contributed by atoms with Gasteiger partial charge in [-0.15, -0.1) is 0 Å². The summed E-state index contributed by atoms with van der Waals surface area (Å²) in [6.07, 6.45) is 0. The molecule has 0 aliphatic heterocycles. The fourth-order valence-corrected chi connectivity index (χ4v) is 11.0. The molecule has 1 aromatic heterocycles. The Labute approximate surface area is 387 Å². The van der Waals surface area contributed by atoms with Crippen molar-refractivity contribution in [2.24, 2.45) is 0 Å². The minimum atomic E-state index is -0.511. The highest BCUT2D eigenvalue weighted by Gasteiger charge is 2.38. The van der Waals surface area contributed by atoms with Crippen LogP contribution in [-0.4, -0.2) is 4.57 Å². The van der Waals surface area contributed by atoms with E-state index in [0.29, 0.717) is 0 Å². The molecule has 0 atom stereocenters. The number of fused-ring (bicyclic) bond motifs is 6. The molecular formula is C64H48N2. The van der Waals surface area contributed by atoms with Gasteiger partial charge >= 0.3 is 0 Å². The third kappa shape index (κ3) is 6.25. The highest BCUT2D eigenvalue weighted by Crippen LogP contribution is 2.51. The van der Waals surface area contributed by atoms with Crippen LogP contribution in [0.4, 0.5) is 17.1 Å². The lowest BCUT2D eigenvalue weighted by molar-refractivity contribution is 0.660. The van der Waals surface area contributed by atoms with Crippen LogP contribution < -0.4 is 4.90 Å². The lowest BCUT2D eigenvalue weighted by Gasteiger charge is -2.37. The van der Waals surface area contributed by atoms with Gasteiger partial charge in [-0.25, -0.2) is 0 Å². The summed E-state index contributed by atoms with van der Waals surface area (Å²) in [5.41, 5.74) is 18.8. The smallest absolute Gasteiger partial charge is 0.0701 e. The molecule has 1 aliphatic rings. The second kappa shape index (κ2) is 15.8. The van der Waals surface area contributed by atoms with Crippen LogP contribution in [0.3, 0.4) is 0 Å². The number of aromatic nitrogens is 1. The first-order chi connectivity index (χ1) is 32.5. The van der Waals surface area contributed by atoms with Gasteiger partial charge in [-0.3, -0.25) is 0 Å². The monoisotopic (exact) mass is 844 g/mol. The molecule has 12 rings (SSSR count). The number of benzene rings is 10. The summed E-state index contributed by atoms with van der Waals surface area (Å²) in [5, 5.41) is 2.47. The van der Waals surface area contributed by atoms with E-state index in [1.54, 1.807) is 0 Å². The zero-order chi connectivity index (χ0) is 44.2. The normalized spacial score (nSPS) is 12.8. The van der Waals surface area contributed by atoms with Gasteiger partial charge in [0.1, 0.15) is 0 Å². The fourth-order valence-electron chi connectivity index (χ4n) is 11.0. The summed E-state index contributed by atoms with van der Waals surface area (Å²) in [7, 11) is 0. The van der Waals surface area contributed by atoms with E-state index in [2.05, 4.69) is 278 Å². The van der Waals surface area contributed by atoms with Crippen LogP contribution in [0.2, 0.25) is 0 Å². The van der Waals surface area contributed by atoms with E-state index in [4.69, 9.17) is 0 Å². The molecule has 10 aromatic carbocycles. The minimum Gasteiger partial charge on any atom is -0.310 e. The molecule has 2 heteroatoms. The Bertz CT molecular complexity index is 3440. The first-order valence-electron chi connectivity index (χ1n) is 23.0. The summed E-state index contributed by atoms with van der Waals surface area (Å²) in [4.78, 5) is 2.45. The van der Waals surface area contributed by atoms with Gasteiger partial charge in [0, 0.05) is 38.9 Å². The quantitative estimate of drug-likeness (QED) is 0.131. The third-order valence-electron chi connectivity index (χ3n) is 14.1. The van der Waals surface area contributed by atoms with Crippen molar-refractivity contribution in [1.82, 2.24) is 4.57 Å². The molecule has 11 aromatic rings. The Balaban J connectivity index is 1.03. The zero-order valence-corrected chi connectivity index (χ0v) is 37.1. The predicted octanol–water partition coefficient (Wildman–Crippen LogP) is 16.6. The molecule has 66 heavy (non-hydrogen) atoms. The van der Waals surface area contributed by atoms with E-state index >= 15 is 0 Å². The first-order valence-corrected chi connectivity index (χ1v) is 23.0. The Morgan fingerprint density at radius 2 is 0.864 bits per heavy atom. The van der Waals surface area contributed by atoms with Gasteiger partial charge in [-0.2, -0.15) is 0 Å². The van der Waals surface area contributed by atoms with Gasteiger partial charge < -0.3 is 9.47 Å². The van der Waals surface area contributed by atoms with E-state index in [1.807, 2.05) is 0 Å². The zero-order valence-electron chi connectivity index (χ0n) is 37.1. The van der Waals surface area contributed by atoms with E-state index < -0.39 is 5.41 Å². The van der Waals surface area contributed by atoms with Gasteiger partial charge in [0.25, 0.3) is 0 Å². The van der Waals surface area contributed by atoms with Crippen LogP contribution in [0.5, 0.6) is 0 Å².